The summed E-state index contributed by atoms with van der Waals surface area (Å²) in [6.07, 6.45) is 5.17. The summed E-state index contributed by atoms with van der Waals surface area (Å²) in [5.74, 6) is -0.867. The lowest BCUT2D eigenvalue weighted by atomic mass is 9.99. The number of hydrogen-bond acceptors (Lipinski definition) is 4. The summed E-state index contributed by atoms with van der Waals surface area (Å²) in [6, 6.07) is 11.0. The Labute approximate surface area is 158 Å². The fourth-order valence-electron chi connectivity index (χ4n) is 2.98. The molecule has 144 valence electrons. The molecule has 0 unspecified atom stereocenters. The Balaban J connectivity index is 2.25. The molecule has 0 aliphatic rings. The van der Waals surface area contributed by atoms with Crippen LogP contribution in [0.4, 0.5) is 5.69 Å². The summed E-state index contributed by atoms with van der Waals surface area (Å²) in [4.78, 5) is 22.4. The van der Waals surface area contributed by atoms with Crippen LogP contribution in [-0.4, -0.2) is 22.1 Å². The molecule has 2 aromatic carbocycles. The molecule has 2 aromatic rings. The predicted octanol–water partition coefficient (Wildman–Crippen LogP) is 5.70. The van der Waals surface area contributed by atoms with Gasteiger partial charge in [0.2, 0.25) is 0 Å². The summed E-state index contributed by atoms with van der Waals surface area (Å²) >= 11 is 0. The first kappa shape index (κ1) is 20.4. The first-order chi connectivity index (χ1) is 12.9. The molecule has 1 N–H and O–H groups in total. The summed E-state index contributed by atoms with van der Waals surface area (Å²) in [6.45, 7) is 4.05. The Kier molecular flexibility index (Phi) is 7.34. The Hall–Kier alpha value is -2.89. The minimum absolute atomic E-state index is 0.102. The van der Waals surface area contributed by atoms with E-state index in [0.717, 1.165) is 25.7 Å². The first-order valence-electron chi connectivity index (χ1n) is 9.21. The van der Waals surface area contributed by atoms with Gasteiger partial charge in [-0.05, 0) is 43.0 Å². The molecule has 0 aromatic heterocycles. The van der Waals surface area contributed by atoms with Gasteiger partial charge in [-0.2, -0.15) is 0 Å². The maximum absolute atomic E-state index is 11.5. The van der Waals surface area contributed by atoms with Crippen LogP contribution in [0.5, 0.6) is 5.75 Å². The average Bonchev–Trinajstić information content (AvgIpc) is 2.65. The minimum atomic E-state index is -1.07. The van der Waals surface area contributed by atoms with Crippen LogP contribution in [0, 0.1) is 10.1 Å². The SMILES string of the molecule is CCCCCC[C@H](C)Oc1ccc(-c2ccccc2C(=O)O)cc1[N+](=O)[O-]. The molecule has 6 nitrogen and oxygen atoms in total. The van der Waals surface area contributed by atoms with Crippen molar-refractivity contribution < 1.29 is 19.6 Å². The molecule has 0 saturated heterocycles. The molecular formula is C21H25NO5. The summed E-state index contributed by atoms with van der Waals surface area (Å²) < 4.78 is 5.80. The van der Waals surface area contributed by atoms with E-state index in [-0.39, 0.29) is 23.1 Å². The van der Waals surface area contributed by atoms with E-state index in [1.165, 1.54) is 18.6 Å². The predicted molar refractivity (Wildman–Crippen MR) is 104 cm³/mol. The van der Waals surface area contributed by atoms with Crippen molar-refractivity contribution >= 4 is 11.7 Å². The molecule has 0 amide bonds. The molecule has 0 aliphatic heterocycles. The number of carboxylic acids is 1. The topological polar surface area (TPSA) is 89.7 Å². The lowest BCUT2D eigenvalue weighted by molar-refractivity contribution is -0.386. The Morgan fingerprint density at radius 3 is 2.59 bits per heavy atom. The summed E-state index contributed by atoms with van der Waals surface area (Å²) in [7, 11) is 0. The number of rotatable bonds is 10. The van der Waals surface area contributed by atoms with Gasteiger partial charge in [-0.1, -0.05) is 50.5 Å². The van der Waals surface area contributed by atoms with E-state index in [1.54, 1.807) is 30.3 Å². The van der Waals surface area contributed by atoms with E-state index in [0.29, 0.717) is 11.1 Å². The summed E-state index contributed by atoms with van der Waals surface area (Å²) in [5.41, 5.74) is 0.854. The van der Waals surface area contributed by atoms with Crippen LogP contribution in [0.3, 0.4) is 0 Å². The lowest BCUT2D eigenvalue weighted by Crippen LogP contribution is -2.12. The quantitative estimate of drug-likeness (QED) is 0.329. The summed E-state index contributed by atoms with van der Waals surface area (Å²) in [5, 5.41) is 20.9. The van der Waals surface area contributed by atoms with Gasteiger partial charge in [0.25, 0.3) is 0 Å². The lowest BCUT2D eigenvalue weighted by Gasteiger charge is -2.15. The van der Waals surface area contributed by atoms with E-state index >= 15 is 0 Å². The number of nitrogens with zero attached hydrogens (tertiary/aromatic N) is 1. The van der Waals surface area contributed by atoms with Crippen molar-refractivity contribution in [3.05, 3.63) is 58.1 Å². The van der Waals surface area contributed by atoms with Gasteiger partial charge in [0.15, 0.2) is 5.75 Å². The van der Waals surface area contributed by atoms with Crippen molar-refractivity contribution in [1.82, 2.24) is 0 Å². The highest BCUT2D eigenvalue weighted by molar-refractivity contribution is 5.96. The zero-order valence-corrected chi connectivity index (χ0v) is 15.7. The maximum atomic E-state index is 11.5. The fourth-order valence-corrected chi connectivity index (χ4v) is 2.98. The molecule has 0 saturated carbocycles. The van der Waals surface area contributed by atoms with Crippen molar-refractivity contribution in [2.45, 2.75) is 52.1 Å². The van der Waals surface area contributed by atoms with Gasteiger partial charge in [0.05, 0.1) is 16.6 Å². The molecule has 0 fully saturated rings. The number of carbonyl (C=O) groups is 1. The third-order valence-corrected chi connectivity index (χ3v) is 4.42. The highest BCUT2D eigenvalue weighted by atomic mass is 16.6. The molecule has 2 rings (SSSR count). The molecule has 0 spiro atoms. The molecule has 0 radical (unpaired) electrons. The van der Waals surface area contributed by atoms with E-state index in [1.807, 2.05) is 6.92 Å². The van der Waals surface area contributed by atoms with Gasteiger partial charge in [0, 0.05) is 6.07 Å². The minimum Gasteiger partial charge on any atom is -0.484 e. The van der Waals surface area contributed by atoms with Crippen LogP contribution in [0.15, 0.2) is 42.5 Å². The molecule has 0 aliphatic carbocycles. The van der Waals surface area contributed by atoms with Crippen LogP contribution in [0.2, 0.25) is 0 Å². The largest absolute Gasteiger partial charge is 0.484 e. The smallest absolute Gasteiger partial charge is 0.336 e. The Morgan fingerprint density at radius 2 is 1.93 bits per heavy atom. The number of carboxylic acid groups (broad SMARTS) is 1. The van der Waals surface area contributed by atoms with Gasteiger partial charge >= 0.3 is 11.7 Å². The van der Waals surface area contributed by atoms with Crippen LogP contribution >= 0.6 is 0 Å². The number of unbranched alkanes of at least 4 members (excludes halogenated alkanes) is 3. The molecule has 1 atom stereocenters. The molecular weight excluding hydrogens is 346 g/mol. The number of benzene rings is 2. The van der Waals surface area contributed by atoms with Crippen LogP contribution in [-0.2, 0) is 0 Å². The van der Waals surface area contributed by atoms with E-state index < -0.39 is 10.9 Å². The second-order valence-corrected chi connectivity index (χ2v) is 6.57. The third kappa shape index (κ3) is 5.54. The van der Waals surface area contributed by atoms with Gasteiger partial charge in [-0.3, -0.25) is 10.1 Å². The van der Waals surface area contributed by atoms with E-state index in [9.17, 15) is 20.0 Å². The van der Waals surface area contributed by atoms with Crippen LogP contribution < -0.4 is 4.74 Å². The van der Waals surface area contributed by atoms with Crippen molar-refractivity contribution in [2.24, 2.45) is 0 Å². The van der Waals surface area contributed by atoms with Gasteiger partial charge < -0.3 is 9.84 Å². The monoisotopic (exact) mass is 371 g/mol. The number of ether oxygens (including phenoxy) is 1. The normalized spacial score (nSPS) is 11.8. The Morgan fingerprint density at radius 1 is 1.19 bits per heavy atom. The molecule has 6 heteroatoms. The zero-order valence-electron chi connectivity index (χ0n) is 15.7. The van der Waals surface area contributed by atoms with Crippen molar-refractivity contribution in [1.29, 1.82) is 0 Å². The highest BCUT2D eigenvalue weighted by Crippen LogP contribution is 2.34. The van der Waals surface area contributed by atoms with Gasteiger partial charge in [-0.25, -0.2) is 4.79 Å². The van der Waals surface area contributed by atoms with Crippen LogP contribution in [0.1, 0.15) is 56.3 Å². The first-order valence-corrected chi connectivity index (χ1v) is 9.21. The highest BCUT2D eigenvalue weighted by Gasteiger charge is 2.20. The number of nitro benzene ring substituents is 1. The molecule has 0 heterocycles. The molecule has 27 heavy (non-hydrogen) atoms. The van der Waals surface area contributed by atoms with Gasteiger partial charge in [-0.15, -0.1) is 0 Å². The fraction of sp³-hybridized carbons (Fsp3) is 0.381. The number of aromatic carboxylic acids is 1. The van der Waals surface area contributed by atoms with Crippen LogP contribution in [0.25, 0.3) is 11.1 Å². The standard InChI is InChI=1S/C21H25NO5/c1-3-4-5-6-9-15(2)27-20-13-12-16(14-19(20)22(25)26)17-10-7-8-11-18(17)21(23)24/h7-8,10-15H,3-6,9H2,1-2H3,(H,23,24)/t15-/m0/s1. The number of hydrogen-bond donors (Lipinski definition) is 1. The second-order valence-electron chi connectivity index (χ2n) is 6.57. The second kappa shape index (κ2) is 9.71. The van der Waals surface area contributed by atoms with Crippen molar-refractivity contribution in [3.63, 3.8) is 0 Å². The van der Waals surface area contributed by atoms with E-state index in [4.69, 9.17) is 4.74 Å². The number of nitro groups is 1. The third-order valence-electron chi connectivity index (χ3n) is 4.42. The maximum Gasteiger partial charge on any atom is 0.336 e. The van der Waals surface area contributed by atoms with Crippen molar-refractivity contribution in [3.8, 4) is 16.9 Å². The van der Waals surface area contributed by atoms with Gasteiger partial charge in [0.1, 0.15) is 0 Å². The average molecular weight is 371 g/mol. The Bertz CT molecular complexity index is 803. The zero-order chi connectivity index (χ0) is 19.8. The van der Waals surface area contributed by atoms with Crippen molar-refractivity contribution in [2.75, 3.05) is 0 Å². The molecule has 0 bridgehead atoms. The van der Waals surface area contributed by atoms with E-state index in [2.05, 4.69) is 6.92 Å².